The van der Waals surface area contributed by atoms with Crippen LogP contribution in [-0.2, 0) is 30.3 Å². The van der Waals surface area contributed by atoms with Crippen LogP contribution in [0.15, 0.2) is 9.91 Å². The van der Waals surface area contributed by atoms with Crippen molar-refractivity contribution in [3.63, 3.8) is 0 Å². The van der Waals surface area contributed by atoms with Crippen molar-refractivity contribution in [1.29, 1.82) is 0 Å². The molecule has 0 radical (unpaired) electrons. The van der Waals surface area contributed by atoms with Gasteiger partial charge in [-0.2, -0.15) is 9.97 Å². The molecule has 2 amide bonds. The highest BCUT2D eigenvalue weighted by Gasteiger charge is 2.30. The summed E-state index contributed by atoms with van der Waals surface area (Å²) in [5.41, 5.74) is 13.5. The number of carbonyl (C=O) groups is 3. The standard InChI is InChI=1S/C28H42N10O8/c1-6-8-11-46-27-34-23(29)22-24(35-27)37(10-7-2)28(42)38(22)26(41)19(5)32-25(40)21(18(3)4)33-20(39)17-45-16-15-44-14-13-43-12-9-31-36-30/h2,18-19,21H,6,8-17H2,1,3-5H3,(H,32,40)(H,33,39)(H2,29,34,35). The molecule has 0 bridgehead atoms. The van der Waals surface area contributed by atoms with Gasteiger partial charge in [-0.15, -0.1) is 6.42 Å². The van der Waals surface area contributed by atoms with Crippen LogP contribution in [0.1, 0.15) is 45.3 Å². The topological polar surface area (TPSA) is 240 Å². The summed E-state index contributed by atoms with van der Waals surface area (Å²) in [6.07, 6.45) is 7.07. The largest absolute Gasteiger partial charge is 0.463 e. The smallest absolute Gasteiger partial charge is 0.338 e. The van der Waals surface area contributed by atoms with Gasteiger partial charge in [-0.3, -0.25) is 19.0 Å². The Hall–Kier alpha value is -4.69. The van der Waals surface area contributed by atoms with Gasteiger partial charge in [0.05, 0.1) is 46.2 Å². The lowest BCUT2D eigenvalue weighted by Crippen LogP contribution is -2.54. The van der Waals surface area contributed by atoms with Crippen LogP contribution in [0.25, 0.3) is 21.6 Å². The molecule has 46 heavy (non-hydrogen) atoms. The Morgan fingerprint density at radius 3 is 2.37 bits per heavy atom. The molecule has 2 atom stereocenters. The number of hydrogen-bond acceptors (Lipinski definition) is 12. The molecule has 0 aromatic carbocycles. The number of terminal acetylenes is 1. The second kappa shape index (κ2) is 19.6. The van der Waals surface area contributed by atoms with Gasteiger partial charge in [0.15, 0.2) is 11.5 Å². The summed E-state index contributed by atoms with van der Waals surface area (Å²) < 4.78 is 23.2. The number of hydrogen-bond donors (Lipinski definition) is 3. The Morgan fingerprint density at radius 2 is 1.74 bits per heavy atom. The minimum absolute atomic E-state index is 0.0158. The second-order valence-electron chi connectivity index (χ2n) is 10.3. The summed E-state index contributed by atoms with van der Waals surface area (Å²) in [5.74, 6) is -0.190. The molecule has 2 unspecified atom stereocenters. The first-order valence-corrected chi connectivity index (χ1v) is 14.8. The Balaban J connectivity index is 2.01. The van der Waals surface area contributed by atoms with Crippen LogP contribution in [0.2, 0.25) is 0 Å². The molecule has 0 aliphatic heterocycles. The fourth-order valence-corrected chi connectivity index (χ4v) is 4.02. The molecule has 0 saturated heterocycles. The molecule has 0 aliphatic rings. The van der Waals surface area contributed by atoms with E-state index in [4.69, 9.17) is 36.6 Å². The van der Waals surface area contributed by atoms with E-state index in [0.717, 1.165) is 22.0 Å². The number of carbonyl (C=O) groups excluding carboxylic acids is 3. The number of anilines is 1. The molecule has 2 aromatic rings. The van der Waals surface area contributed by atoms with Crippen LogP contribution in [0, 0.1) is 18.3 Å². The summed E-state index contributed by atoms with van der Waals surface area (Å²) in [6, 6.07) is -2.29. The minimum Gasteiger partial charge on any atom is -0.463 e. The lowest BCUT2D eigenvalue weighted by atomic mass is 10.0. The molecule has 18 heteroatoms. The van der Waals surface area contributed by atoms with Crippen molar-refractivity contribution in [1.82, 2.24) is 29.7 Å². The predicted molar refractivity (Wildman–Crippen MR) is 167 cm³/mol. The summed E-state index contributed by atoms with van der Waals surface area (Å²) in [5, 5.41) is 8.51. The van der Waals surface area contributed by atoms with Gasteiger partial charge in [-0.25, -0.2) is 9.36 Å². The third-order valence-electron chi connectivity index (χ3n) is 6.34. The average Bonchev–Trinajstić information content (AvgIpc) is 3.29. The van der Waals surface area contributed by atoms with Crippen molar-refractivity contribution in [2.24, 2.45) is 11.0 Å². The molecule has 2 aromatic heterocycles. The number of nitrogen functional groups attached to an aromatic ring is 1. The number of aromatic nitrogens is 4. The van der Waals surface area contributed by atoms with Gasteiger partial charge in [0.1, 0.15) is 24.2 Å². The van der Waals surface area contributed by atoms with Crippen molar-refractivity contribution in [3.8, 4) is 18.4 Å². The van der Waals surface area contributed by atoms with Crippen LogP contribution in [0.5, 0.6) is 6.01 Å². The van der Waals surface area contributed by atoms with Gasteiger partial charge in [0, 0.05) is 11.5 Å². The average molecular weight is 647 g/mol. The Labute approximate surface area is 265 Å². The minimum atomic E-state index is -1.22. The first-order chi connectivity index (χ1) is 22.1. The highest BCUT2D eigenvalue weighted by Crippen LogP contribution is 2.21. The summed E-state index contributed by atoms with van der Waals surface area (Å²) in [4.78, 5) is 63.4. The zero-order valence-electron chi connectivity index (χ0n) is 26.6. The first kappa shape index (κ1) is 37.5. The lowest BCUT2D eigenvalue weighted by molar-refractivity contribution is -0.133. The normalized spacial score (nSPS) is 12.3. The van der Waals surface area contributed by atoms with E-state index in [1.165, 1.54) is 6.92 Å². The van der Waals surface area contributed by atoms with E-state index < -0.39 is 35.5 Å². The van der Waals surface area contributed by atoms with Crippen LogP contribution in [-0.4, -0.2) is 102 Å². The number of nitrogens with zero attached hydrogens (tertiary/aromatic N) is 7. The number of imidazole rings is 1. The van der Waals surface area contributed by atoms with Gasteiger partial charge >= 0.3 is 11.7 Å². The molecule has 0 saturated carbocycles. The van der Waals surface area contributed by atoms with E-state index in [1.54, 1.807) is 13.8 Å². The molecule has 0 aliphatic carbocycles. The van der Waals surface area contributed by atoms with Crippen molar-refractivity contribution < 1.29 is 33.3 Å². The van der Waals surface area contributed by atoms with E-state index in [1.807, 2.05) is 6.92 Å². The summed E-state index contributed by atoms with van der Waals surface area (Å²) in [6.45, 7) is 8.08. The van der Waals surface area contributed by atoms with Crippen LogP contribution < -0.4 is 26.8 Å². The van der Waals surface area contributed by atoms with Crippen molar-refractivity contribution in [2.75, 3.05) is 58.5 Å². The predicted octanol–water partition coefficient (Wildman–Crippen LogP) is 0.633. The highest BCUT2D eigenvalue weighted by atomic mass is 16.5. The number of ether oxygens (including phenoxy) is 4. The third kappa shape index (κ3) is 11.0. The quantitative estimate of drug-likeness (QED) is 0.0559. The van der Waals surface area contributed by atoms with Crippen LogP contribution in [0.3, 0.4) is 0 Å². The van der Waals surface area contributed by atoms with Gasteiger partial charge < -0.3 is 35.3 Å². The number of azide groups is 1. The van der Waals surface area contributed by atoms with Gasteiger partial charge in [-0.1, -0.05) is 38.2 Å². The molecule has 2 rings (SSSR count). The van der Waals surface area contributed by atoms with E-state index in [-0.39, 0.29) is 68.4 Å². The van der Waals surface area contributed by atoms with Gasteiger partial charge in [0.25, 0.3) is 5.91 Å². The van der Waals surface area contributed by atoms with E-state index in [0.29, 0.717) is 19.8 Å². The van der Waals surface area contributed by atoms with Crippen LogP contribution >= 0.6 is 0 Å². The Bertz CT molecular complexity index is 1480. The van der Waals surface area contributed by atoms with Crippen molar-refractivity contribution >= 4 is 34.7 Å². The zero-order valence-corrected chi connectivity index (χ0v) is 26.6. The number of fused-ring (bicyclic) bond motifs is 1. The molecule has 0 fully saturated rings. The number of rotatable bonds is 21. The number of nitrogens with two attached hydrogens (primary N) is 1. The summed E-state index contributed by atoms with van der Waals surface area (Å²) >= 11 is 0. The van der Waals surface area contributed by atoms with E-state index in [9.17, 15) is 19.2 Å². The highest BCUT2D eigenvalue weighted by molar-refractivity contribution is 5.98. The van der Waals surface area contributed by atoms with Crippen molar-refractivity contribution in [2.45, 2.75) is 59.2 Å². The SMILES string of the molecule is C#CCn1c(=O)n(C(=O)C(C)NC(=O)C(NC(=O)COCCOCCOCCN=[N+]=[N-])C(C)C)c2c(N)nc(OCCCC)nc21. The molecule has 0 spiro atoms. The fourth-order valence-electron chi connectivity index (χ4n) is 4.02. The summed E-state index contributed by atoms with van der Waals surface area (Å²) in [7, 11) is 0. The third-order valence-corrected chi connectivity index (χ3v) is 6.34. The zero-order chi connectivity index (χ0) is 34.1. The van der Waals surface area contributed by atoms with Crippen molar-refractivity contribution in [3.05, 3.63) is 20.9 Å². The molecular weight excluding hydrogens is 604 g/mol. The molecule has 4 N–H and O–H groups in total. The van der Waals surface area contributed by atoms with E-state index >= 15 is 0 Å². The maximum Gasteiger partial charge on any atom is 0.338 e. The number of amides is 2. The fraction of sp³-hybridized carbons (Fsp3) is 0.643. The maximum absolute atomic E-state index is 13.5. The Morgan fingerprint density at radius 1 is 1.07 bits per heavy atom. The van der Waals surface area contributed by atoms with E-state index in [2.05, 4.69) is 36.5 Å². The second-order valence-corrected chi connectivity index (χ2v) is 10.3. The first-order valence-electron chi connectivity index (χ1n) is 14.8. The van der Waals surface area contributed by atoms with Gasteiger partial charge in [-0.05, 0) is 24.8 Å². The molecule has 18 nitrogen and oxygen atoms in total. The molecule has 2 heterocycles. The Kier molecular flexibility index (Phi) is 16.0. The van der Waals surface area contributed by atoms with Crippen LogP contribution in [0.4, 0.5) is 5.82 Å². The number of unbranched alkanes of at least 4 members (excludes halogenated alkanes) is 1. The lowest BCUT2D eigenvalue weighted by Gasteiger charge is -2.23. The molecular formula is C28H42N10O8. The monoisotopic (exact) mass is 646 g/mol. The van der Waals surface area contributed by atoms with Gasteiger partial charge in [0.2, 0.25) is 11.8 Å². The number of nitrogens with one attached hydrogen (secondary N) is 2. The maximum atomic E-state index is 13.5. The molecule has 252 valence electrons.